The number of nitrogens with one attached hydrogen (secondary N) is 1. The number of morpholine rings is 1. The number of hydrogen-bond acceptors (Lipinski definition) is 7. The minimum absolute atomic E-state index is 0.0604. The largest absolute Gasteiger partial charge is 0.397 e. The third-order valence-corrected chi connectivity index (χ3v) is 5.03. The first kappa shape index (κ1) is 17.7. The van der Waals surface area contributed by atoms with Crippen molar-refractivity contribution < 1.29 is 9.53 Å². The van der Waals surface area contributed by atoms with E-state index in [2.05, 4.69) is 15.2 Å². The highest BCUT2D eigenvalue weighted by molar-refractivity contribution is 5.94. The summed E-state index contributed by atoms with van der Waals surface area (Å²) in [6.45, 7) is 1.92. The molecule has 1 aromatic carbocycles. The maximum absolute atomic E-state index is 12.4. The predicted molar refractivity (Wildman–Crippen MR) is 104 cm³/mol. The number of hydrogen-bond donors (Lipinski definition) is 3. The van der Waals surface area contributed by atoms with E-state index >= 15 is 0 Å². The molecule has 2 fully saturated rings. The van der Waals surface area contributed by atoms with Gasteiger partial charge in [-0.05, 0) is 29.5 Å². The Morgan fingerprint density at radius 1 is 1.44 bits per heavy atom. The third kappa shape index (κ3) is 3.87. The van der Waals surface area contributed by atoms with E-state index < -0.39 is 0 Å². The Bertz CT molecular complexity index is 897. The molecule has 0 spiro atoms. The number of pyridine rings is 1. The SMILES string of the molecule is CN(N)/C=C(\N)c1ccc2cnc(NC(=O)CN3CC4CC3CO4)cc2c1. The monoisotopic (exact) mass is 368 g/mol. The smallest absolute Gasteiger partial charge is 0.239 e. The molecule has 3 heterocycles. The number of hydrazine groups is 1. The van der Waals surface area contributed by atoms with E-state index in [0.29, 0.717) is 24.1 Å². The number of carbonyl (C=O) groups is 1. The average molecular weight is 368 g/mol. The molecule has 2 aliphatic rings. The molecule has 27 heavy (non-hydrogen) atoms. The number of benzene rings is 1. The fourth-order valence-electron chi connectivity index (χ4n) is 3.72. The van der Waals surface area contributed by atoms with E-state index in [9.17, 15) is 4.79 Å². The second-order valence-corrected chi connectivity index (χ2v) is 7.20. The zero-order chi connectivity index (χ0) is 19.0. The second-order valence-electron chi connectivity index (χ2n) is 7.20. The highest BCUT2D eigenvalue weighted by Crippen LogP contribution is 2.27. The molecule has 142 valence electrons. The third-order valence-electron chi connectivity index (χ3n) is 5.03. The van der Waals surface area contributed by atoms with Crippen LogP contribution in [0.25, 0.3) is 16.5 Å². The summed E-state index contributed by atoms with van der Waals surface area (Å²) in [4.78, 5) is 18.9. The number of ether oxygens (including phenoxy) is 1. The molecule has 2 saturated heterocycles. The molecule has 2 atom stereocenters. The van der Waals surface area contributed by atoms with Crippen molar-refractivity contribution in [2.45, 2.75) is 18.6 Å². The summed E-state index contributed by atoms with van der Waals surface area (Å²) < 4.78 is 5.57. The number of aromatic nitrogens is 1. The van der Waals surface area contributed by atoms with Crippen molar-refractivity contribution in [3.05, 3.63) is 42.2 Å². The first-order valence-corrected chi connectivity index (χ1v) is 8.98. The first-order chi connectivity index (χ1) is 13.0. The van der Waals surface area contributed by atoms with Gasteiger partial charge in [0.05, 0.1) is 25.0 Å². The lowest BCUT2D eigenvalue weighted by atomic mass is 10.1. The van der Waals surface area contributed by atoms with Crippen LogP contribution in [0, 0.1) is 0 Å². The number of anilines is 1. The van der Waals surface area contributed by atoms with Crippen LogP contribution in [0.3, 0.4) is 0 Å². The average Bonchev–Trinajstić information content (AvgIpc) is 3.23. The van der Waals surface area contributed by atoms with E-state index in [4.69, 9.17) is 16.3 Å². The van der Waals surface area contributed by atoms with Gasteiger partial charge in [-0.15, -0.1) is 0 Å². The van der Waals surface area contributed by atoms with Crippen LogP contribution in [0.2, 0.25) is 0 Å². The summed E-state index contributed by atoms with van der Waals surface area (Å²) in [7, 11) is 1.71. The maximum atomic E-state index is 12.4. The van der Waals surface area contributed by atoms with Crippen LogP contribution in [0.4, 0.5) is 5.82 Å². The van der Waals surface area contributed by atoms with Crippen molar-refractivity contribution in [2.24, 2.45) is 11.6 Å². The summed E-state index contributed by atoms with van der Waals surface area (Å²) in [5, 5.41) is 6.22. The Hall–Kier alpha value is -2.68. The normalized spacial score (nSPS) is 22.4. The predicted octanol–water partition coefficient (Wildman–Crippen LogP) is 0.709. The summed E-state index contributed by atoms with van der Waals surface area (Å²) in [6, 6.07) is 8.04. The van der Waals surface area contributed by atoms with Crippen LogP contribution in [0.1, 0.15) is 12.0 Å². The number of rotatable bonds is 5. The van der Waals surface area contributed by atoms with Crippen molar-refractivity contribution in [2.75, 3.05) is 32.1 Å². The highest BCUT2D eigenvalue weighted by atomic mass is 16.5. The Kier molecular flexibility index (Phi) is 4.69. The molecular weight excluding hydrogens is 344 g/mol. The van der Waals surface area contributed by atoms with Gasteiger partial charge in [-0.25, -0.2) is 10.8 Å². The molecular formula is C19H24N6O2. The fraction of sp³-hybridized carbons (Fsp3) is 0.368. The molecule has 2 bridgehead atoms. The lowest BCUT2D eigenvalue weighted by Crippen LogP contribution is -2.41. The quantitative estimate of drug-likeness (QED) is 0.527. The van der Waals surface area contributed by atoms with Crippen molar-refractivity contribution in [3.63, 3.8) is 0 Å². The molecule has 8 heteroatoms. The van der Waals surface area contributed by atoms with Crippen molar-refractivity contribution >= 4 is 28.2 Å². The van der Waals surface area contributed by atoms with Gasteiger partial charge in [0, 0.05) is 37.4 Å². The molecule has 2 unspecified atom stereocenters. The number of nitrogens with two attached hydrogens (primary N) is 2. The van der Waals surface area contributed by atoms with E-state index in [1.165, 1.54) is 5.01 Å². The molecule has 8 nitrogen and oxygen atoms in total. The van der Waals surface area contributed by atoms with E-state index in [1.807, 2.05) is 24.3 Å². The second kappa shape index (κ2) is 7.15. The van der Waals surface area contributed by atoms with E-state index in [1.54, 1.807) is 19.4 Å². The van der Waals surface area contributed by atoms with Gasteiger partial charge in [-0.2, -0.15) is 0 Å². The molecule has 1 amide bonds. The lowest BCUT2D eigenvalue weighted by molar-refractivity contribution is -0.118. The summed E-state index contributed by atoms with van der Waals surface area (Å²) in [5.41, 5.74) is 7.49. The molecule has 0 saturated carbocycles. The van der Waals surface area contributed by atoms with E-state index in [0.717, 1.165) is 35.9 Å². The Balaban J connectivity index is 1.47. The Morgan fingerprint density at radius 2 is 2.30 bits per heavy atom. The summed E-state index contributed by atoms with van der Waals surface area (Å²) >= 11 is 0. The minimum Gasteiger partial charge on any atom is -0.397 e. The number of amides is 1. The van der Waals surface area contributed by atoms with Gasteiger partial charge < -0.3 is 20.8 Å². The molecule has 4 rings (SSSR count). The standard InChI is InChI=1S/C19H24N6O2/c1-24(21)9-17(20)12-2-3-13-7-22-18(5-14(13)4-12)23-19(26)10-25-8-16-6-15(25)11-27-16/h2-5,7,9,15-16H,6,8,10-11,20-21H2,1H3,(H,22,23,26)/b17-9-. The van der Waals surface area contributed by atoms with Crippen LogP contribution in [0.5, 0.6) is 0 Å². The van der Waals surface area contributed by atoms with Crippen LogP contribution in [-0.2, 0) is 9.53 Å². The minimum atomic E-state index is -0.0604. The van der Waals surface area contributed by atoms with Gasteiger partial charge in [0.1, 0.15) is 5.82 Å². The summed E-state index contributed by atoms with van der Waals surface area (Å²) in [5.74, 6) is 6.09. The maximum Gasteiger partial charge on any atom is 0.239 e. The zero-order valence-electron chi connectivity index (χ0n) is 15.3. The fourth-order valence-corrected chi connectivity index (χ4v) is 3.72. The Morgan fingerprint density at radius 3 is 3.00 bits per heavy atom. The number of fused-ring (bicyclic) bond motifs is 3. The Labute approximate surface area is 157 Å². The molecule has 2 aromatic rings. The molecule has 1 aromatic heterocycles. The van der Waals surface area contributed by atoms with Gasteiger partial charge in [0.25, 0.3) is 0 Å². The summed E-state index contributed by atoms with van der Waals surface area (Å²) in [6.07, 6.45) is 4.71. The van der Waals surface area contributed by atoms with Gasteiger partial charge in [0.2, 0.25) is 5.91 Å². The molecule has 2 aliphatic heterocycles. The van der Waals surface area contributed by atoms with Gasteiger partial charge in [-0.3, -0.25) is 9.69 Å². The lowest BCUT2D eigenvalue weighted by Gasteiger charge is -2.25. The number of nitrogens with zero attached hydrogens (tertiary/aromatic N) is 3. The zero-order valence-corrected chi connectivity index (χ0v) is 15.3. The van der Waals surface area contributed by atoms with Crippen LogP contribution < -0.4 is 16.9 Å². The number of likely N-dealkylation sites (tertiary alicyclic amines) is 1. The van der Waals surface area contributed by atoms with Crippen LogP contribution >= 0.6 is 0 Å². The van der Waals surface area contributed by atoms with Crippen LogP contribution in [-0.4, -0.2) is 59.7 Å². The van der Waals surface area contributed by atoms with Crippen molar-refractivity contribution in [1.29, 1.82) is 0 Å². The number of carbonyl (C=O) groups excluding carboxylic acids is 1. The highest BCUT2D eigenvalue weighted by Gasteiger charge is 2.39. The van der Waals surface area contributed by atoms with Crippen molar-refractivity contribution in [1.82, 2.24) is 14.9 Å². The molecule has 5 N–H and O–H groups in total. The van der Waals surface area contributed by atoms with E-state index in [-0.39, 0.29) is 12.0 Å². The molecule has 0 aliphatic carbocycles. The molecule has 0 radical (unpaired) electrons. The first-order valence-electron chi connectivity index (χ1n) is 8.98. The van der Waals surface area contributed by atoms with Gasteiger partial charge in [-0.1, -0.05) is 12.1 Å². The van der Waals surface area contributed by atoms with Crippen LogP contribution in [0.15, 0.2) is 36.7 Å². The van der Waals surface area contributed by atoms with Crippen molar-refractivity contribution in [3.8, 4) is 0 Å². The van der Waals surface area contributed by atoms with Gasteiger partial charge >= 0.3 is 0 Å². The van der Waals surface area contributed by atoms with Gasteiger partial charge in [0.15, 0.2) is 0 Å². The topological polar surface area (TPSA) is 110 Å².